The molecule has 5 heteroatoms. The minimum absolute atomic E-state index is 0.0588. The number of hydrogen-bond donors (Lipinski definition) is 2. The average molecular weight is 329 g/mol. The quantitative estimate of drug-likeness (QED) is 0.770. The monoisotopic (exact) mass is 328 g/mol. The molecule has 0 saturated heterocycles. The summed E-state index contributed by atoms with van der Waals surface area (Å²) in [6, 6.07) is 7.52. The van der Waals surface area contributed by atoms with Crippen molar-refractivity contribution in [2.24, 2.45) is 0 Å². The van der Waals surface area contributed by atoms with Crippen LogP contribution in [0.5, 0.6) is 0 Å². The van der Waals surface area contributed by atoms with E-state index in [1.165, 1.54) is 0 Å². The first-order valence-corrected chi connectivity index (χ1v) is 7.34. The maximum absolute atomic E-state index is 12.0. The van der Waals surface area contributed by atoms with Gasteiger partial charge in [0.25, 0.3) is 0 Å². The summed E-state index contributed by atoms with van der Waals surface area (Å²) in [5.41, 5.74) is 0.770. The second-order valence-electron chi connectivity index (χ2n) is 4.38. The van der Waals surface area contributed by atoms with Gasteiger partial charge in [-0.05, 0) is 41.0 Å². The molecule has 0 fully saturated rings. The Labute approximate surface area is 122 Å². The maximum Gasteiger partial charge on any atom is 0.238 e. The number of carbonyl (C=O) groups excluding carboxylic acids is 1. The van der Waals surface area contributed by atoms with Gasteiger partial charge in [0.15, 0.2) is 0 Å². The van der Waals surface area contributed by atoms with Gasteiger partial charge in [-0.15, -0.1) is 0 Å². The molecule has 1 aromatic rings. The van der Waals surface area contributed by atoms with Crippen molar-refractivity contribution in [3.05, 3.63) is 28.7 Å². The van der Waals surface area contributed by atoms with Crippen LogP contribution >= 0.6 is 15.9 Å². The molecule has 0 heterocycles. The van der Waals surface area contributed by atoms with E-state index in [1.54, 1.807) is 0 Å². The number of aliphatic hydroxyl groups is 1. The number of aliphatic hydroxyl groups excluding tert-OH is 1. The Morgan fingerprint density at radius 3 is 2.74 bits per heavy atom. The molecule has 19 heavy (non-hydrogen) atoms. The summed E-state index contributed by atoms with van der Waals surface area (Å²) in [6.45, 7) is 3.86. The second-order valence-corrected chi connectivity index (χ2v) is 5.24. The standard InChI is InChI=1S/C14H21BrN2O2/c1-2-3-8-17(9-10-18)11-14(19)16-13-7-5-4-6-12(13)15/h4-7,18H,2-3,8-11H2,1H3,(H,16,19). The lowest BCUT2D eigenvalue weighted by atomic mass is 10.3. The Kier molecular flexibility index (Phi) is 7.70. The normalized spacial score (nSPS) is 10.7. The Hall–Kier alpha value is -0.910. The van der Waals surface area contributed by atoms with Crippen molar-refractivity contribution in [3.8, 4) is 0 Å². The van der Waals surface area contributed by atoms with Crippen LogP contribution in [0.25, 0.3) is 0 Å². The molecule has 0 aliphatic rings. The van der Waals surface area contributed by atoms with Crippen molar-refractivity contribution >= 4 is 27.5 Å². The molecule has 1 aromatic carbocycles. The highest BCUT2D eigenvalue weighted by Gasteiger charge is 2.11. The lowest BCUT2D eigenvalue weighted by Gasteiger charge is -2.20. The Balaban J connectivity index is 2.50. The third-order valence-electron chi connectivity index (χ3n) is 2.76. The Morgan fingerprint density at radius 1 is 1.37 bits per heavy atom. The Morgan fingerprint density at radius 2 is 2.11 bits per heavy atom. The van der Waals surface area contributed by atoms with E-state index in [1.807, 2.05) is 29.2 Å². The van der Waals surface area contributed by atoms with Gasteiger partial charge in [-0.2, -0.15) is 0 Å². The highest BCUT2D eigenvalue weighted by atomic mass is 79.9. The summed E-state index contributed by atoms with van der Waals surface area (Å²) < 4.78 is 0.866. The van der Waals surface area contributed by atoms with Crippen LogP contribution in [0, 0.1) is 0 Å². The van der Waals surface area contributed by atoms with Gasteiger partial charge in [0.05, 0.1) is 18.8 Å². The highest BCUT2D eigenvalue weighted by molar-refractivity contribution is 9.10. The number of carbonyl (C=O) groups is 1. The van der Waals surface area contributed by atoms with Gasteiger partial charge in [0, 0.05) is 11.0 Å². The zero-order chi connectivity index (χ0) is 14.1. The largest absolute Gasteiger partial charge is 0.395 e. The predicted molar refractivity (Wildman–Crippen MR) is 81.2 cm³/mol. The van der Waals surface area contributed by atoms with Crippen LogP contribution in [-0.4, -0.2) is 42.2 Å². The van der Waals surface area contributed by atoms with E-state index in [4.69, 9.17) is 5.11 Å². The first-order chi connectivity index (χ1) is 9.17. The lowest BCUT2D eigenvalue weighted by molar-refractivity contribution is -0.117. The Bertz CT molecular complexity index is 399. The van der Waals surface area contributed by atoms with Gasteiger partial charge >= 0.3 is 0 Å². The van der Waals surface area contributed by atoms with Crippen molar-refractivity contribution in [1.29, 1.82) is 0 Å². The zero-order valence-electron chi connectivity index (χ0n) is 11.2. The van der Waals surface area contributed by atoms with Gasteiger partial charge in [-0.3, -0.25) is 9.69 Å². The molecular weight excluding hydrogens is 308 g/mol. The number of rotatable bonds is 8. The third kappa shape index (κ3) is 6.18. The fourth-order valence-electron chi connectivity index (χ4n) is 1.75. The van der Waals surface area contributed by atoms with E-state index in [9.17, 15) is 4.79 Å². The van der Waals surface area contributed by atoms with Gasteiger partial charge < -0.3 is 10.4 Å². The smallest absolute Gasteiger partial charge is 0.238 e. The van der Waals surface area contributed by atoms with Gasteiger partial charge in [-0.25, -0.2) is 0 Å². The molecule has 106 valence electrons. The molecule has 0 radical (unpaired) electrons. The summed E-state index contributed by atoms with van der Waals surface area (Å²) in [6.07, 6.45) is 2.11. The van der Waals surface area contributed by atoms with E-state index in [2.05, 4.69) is 28.2 Å². The third-order valence-corrected chi connectivity index (χ3v) is 3.45. The van der Waals surface area contributed by atoms with Crippen LogP contribution in [-0.2, 0) is 4.79 Å². The van der Waals surface area contributed by atoms with Gasteiger partial charge in [-0.1, -0.05) is 25.5 Å². The molecule has 0 atom stereocenters. The SMILES string of the molecule is CCCCN(CCO)CC(=O)Nc1ccccc1Br. The summed E-state index contributed by atoms with van der Waals surface area (Å²) in [4.78, 5) is 13.9. The van der Waals surface area contributed by atoms with Crippen molar-refractivity contribution in [3.63, 3.8) is 0 Å². The van der Waals surface area contributed by atoms with Crippen LogP contribution in [0.2, 0.25) is 0 Å². The molecule has 0 bridgehead atoms. The molecule has 1 rings (SSSR count). The molecule has 1 amide bonds. The molecule has 0 spiro atoms. The van der Waals surface area contributed by atoms with E-state index in [0.29, 0.717) is 13.1 Å². The first-order valence-electron chi connectivity index (χ1n) is 6.55. The maximum atomic E-state index is 12.0. The van der Waals surface area contributed by atoms with Gasteiger partial charge in [0.1, 0.15) is 0 Å². The molecule has 0 aliphatic carbocycles. The summed E-state index contributed by atoms with van der Waals surface area (Å²) in [5.74, 6) is -0.0588. The van der Waals surface area contributed by atoms with Crippen LogP contribution < -0.4 is 5.32 Å². The van der Waals surface area contributed by atoms with Crippen LogP contribution in [0.1, 0.15) is 19.8 Å². The number of anilines is 1. The van der Waals surface area contributed by atoms with Crippen molar-refractivity contribution in [1.82, 2.24) is 4.90 Å². The number of para-hydroxylation sites is 1. The van der Waals surface area contributed by atoms with Crippen molar-refractivity contribution in [2.45, 2.75) is 19.8 Å². The molecule has 0 saturated carbocycles. The highest BCUT2D eigenvalue weighted by Crippen LogP contribution is 2.20. The lowest BCUT2D eigenvalue weighted by Crippen LogP contribution is -2.36. The van der Waals surface area contributed by atoms with Crippen LogP contribution in [0.3, 0.4) is 0 Å². The van der Waals surface area contributed by atoms with Gasteiger partial charge in [0.2, 0.25) is 5.91 Å². The number of nitrogens with one attached hydrogen (secondary N) is 1. The number of halogens is 1. The average Bonchev–Trinajstić information content (AvgIpc) is 2.39. The van der Waals surface area contributed by atoms with Crippen LogP contribution in [0.15, 0.2) is 28.7 Å². The van der Waals surface area contributed by atoms with Crippen molar-refractivity contribution < 1.29 is 9.90 Å². The predicted octanol–water partition coefficient (Wildman–Crippen LogP) is 2.48. The molecular formula is C14H21BrN2O2. The minimum Gasteiger partial charge on any atom is -0.395 e. The molecule has 0 unspecified atom stereocenters. The number of amides is 1. The van der Waals surface area contributed by atoms with Crippen molar-refractivity contribution in [2.75, 3.05) is 31.6 Å². The van der Waals surface area contributed by atoms with Crippen LogP contribution in [0.4, 0.5) is 5.69 Å². The molecule has 2 N–H and O–H groups in total. The summed E-state index contributed by atoms with van der Waals surface area (Å²) >= 11 is 3.40. The fourth-order valence-corrected chi connectivity index (χ4v) is 2.13. The number of hydrogen-bond acceptors (Lipinski definition) is 3. The van der Waals surface area contributed by atoms with E-state index in [0.717, 1.165) is 29.5 Å². The fraction of sp³-hybridized carbons (Fsp3) is 0.500. The zero-order valence-corrected chi connectivity index (χ0v) is 12.8. The molecule has 0 aliphatic heterocycles. The first kappa shape index (κ1) is 16.1. The summed E-state index contributed by atoms with van der Waals surface area (Å²) in [5, 5.41) is 11.9. The molecule has 0 aromatic heterocycles. The number of benzene rings is 1. The summed E-state index contributed by atoms with van der Waals surface area (Å²) in [7, 11) is 0. The number of nitrogens with zero attached hydrogens (tertiary/aromatic N) is 1. The molecule has 4 nitrogen and oxygen atoms in total. The minimum atomic E-state index is -0.0588. The number of unbranched alkanes of at least 4 members (excludes halogenated alkanes) is 1. The van der Waals surface area contributed by atoms with E-state index < -0.39 is 0 Å². The van der Waals surface area contributed by atoms with E-state index in [-0.39, 0.29) is 12.5 Å². The second kappa shape index (κ2) is 9.07. The topological polar surface area (TPSA) is 52.6 Å². The van der Waals surface area contributed by atoms with E-state index >= 15 is 0 Å².